The quantitative estimate of drug-likeness (QED) is 0.166. The summed E-state index contributed by atoms with van der Waals surface area (Å²) in [4.78, 5) is 38.8. The minimum atomic E-state index is -4.79. The summed E-state index contributed by atoms with van der Waals surface area (Å²) in [6, 6.07) is 1.20. The van der Waals surface area contributed by atoms with Gasteiger partial charge in [0, 0.05) is 12.7 Å². The summed E-state index contributed by atoms with van der Waals surface area (Å²) < 4.78 is 68.2. The Morgan fingerprint density at radius 2 is 1.69 bits per heavy atom. The number of carbonyl (C=O) groups is 2. The molecule has 2 heterocycles. The van der Waals surface area contributed by atoms with Crippen molar-refractivity contribution in [1.82, 2.24) is 9.55 Å². The first-order valence-corrected chi connectivity index (χ1v) is 12.9. The van der Waals surface area contributed by atoms with Gasteiger partial charge in [0.25, 0.3) is 0 Å². The molecule has 4 atom stereocenters. The standard InChI is InChI=1S/C20H32FN4O13P/c1-11(2)36-18(28)31-9-34-39(30,35-10-32-19(29)37-12(3)4)33-8-20(7-22)15(26)14(21)16(38-20)25-6-5-13(23)24-17(25)27/h5-6,11-12,14-16,26H,7-10,22H2,1-4H3,(H2,23,24,27)/t14-,15+,16-,20-/m1/s1. The van der Waals surface area contributed by atoms with Crippen LogP contribution < -0.4 is 17.2 Å². The fourth-order valence-electron chi connectivity index (χ4n) is 3.03. The largest absolute Gasteiger partial charge is 0.510 e. The van der Waals surface area contributed by atoms with E-state index in [0.717, 1.165) is 10.8 Å². The molecule has 0 aromatic carbocycles. The Labute approximate surface area is 221 Å². The second-order valence-corrected chi connectivity index (χ2v) is 10.2. The van der Waals surface area contributed by atoms with Gasteiger partial charge in [-0.05, 0) is 33.8 Å². The number of aliphatic hydroxyl groups is 1. The molecule has 0 unspecified atom stereocenters. The number of aliphatic hydroxyl groups excluding tert-OH is 1. The summed E-state index contributed by atoms with van der Waals surface area (Å²) in [5.41, 5.74) is 8.11. The topological polar surface area (TPSA) is 232 Å². The van der Waals surface area contributed by atoms with Crippen LogP contribution in [0.25, 0.3) is 0 Å². The van der Waals surface area contributed by atoms with Crippen LogP contribution >= 0.6 is 7.82 Å². The van der Waals surface area contributed by atoms with Crippen molar-refractivity contribution in [3.8, 4) is 0 Å². The first kappa shape index (κ1) is 32.4. The third-order valence-electron chi connectivity index (χ3n) is 4.85. The zero-order chi connectivity index (χ0) is 29.4. The van der Waals surface area contributed by atoms with Crippen molar-refractivity contribution >= 4 is 26.0 Å². The van der Waals surface area contributed by atoms with Gasteiger partial charge in [0.15, 0.2) is 12.4 Å². The molecule has 39 heavy (non-hydrogen) atoms. The van der Waals surface area contributed by atoms with Gasteiger partial charge in [-0.25, -0.2) is 32.4 Å². The summed E-state index contributed by atoms with van der Waals surface area (Å²) >= 11 is 0. The Balaban J connectivity index is 2.16. The highest BCUT2D eigenvalue weighted by molar-refractivity contribution is 7.48. The van der Waals surface area contributed by atoms with Gasteiger partial charge in [0.2, 0.25) is 13.6 Å². The summed E-state index contributed by atoms with van der Waals surface area (Å²) in [5.74, 6) is -0.132. The van der Waals surface area contributed by atoms with E-state index in [1.54, 1.807) is 27.7 Å². The number of hydrogen-bond acceptors (Lipinski definition) is 16. The monoisotopic (exact) mass is 586 g/mol. The minimum absolute atomic E-state index is 0.132. The Bertz CT molecular complexity index is 1060. The van der Waals surface area contributed by atoms with Gasteiger partial charge in [-0.3, -0.25) is 9.09 Å². The van der Waals surface area contributed by atoms with Crippen molar-refractivity contribution in [2.45, 2.75) is 64.0 Å². The number of nitrogen functional groups attached to an aromatic ring is 1. The molecule has 17 nitrogen and oxygen atoms in total. The summed E-state index contributed by atoms with van der Waals surface area (Å²) in [7, 11) is -4.79. The first-order chi connectivity index (χ1) is 18.2. The molecule has 0 bridgehead atoms. The minimum Gasteiger partial charge on any atom is -0.432 e. The molecule has 0 radical (unpaired) electrons. The van der Waals surface area contributed by atoms with Gasteiger partial charge < -0.3 is 40.3 Å². The lowest BCUT2D eigenvalue weighted by Crippen LogP contribution is -2.51. The number of anilines is 1. The highest BCUT2D eigenvalue weighted by atomic mass is 31.2. The number of aromatic nitrogens is 2. The lowest BCUT2D eigenvalue weighted by atomic mass is 9.97. The molecule has 1 saturated heterocycles. The maximum absolute atomic E-state index is 15.1. The van der Waals surface area contributed by atoms with E-state index in [9.17, 15) is 24.1 Å². The molecule has 5 N–H and O–H groups in total. The lowest BCUT2D eigenvalue weighted by Gasteiger charge is -2.31. The fourth-order valence-corrected chi connectivity index (χ4v) is 3.99. The summed E-state index contributed by atoms with van der Waals surface area (Å²) in [5, 5.41) is 10.6. The molecular formula is C20H32FN4O13P. The van der Waals surface area contributed by atoms with Crippen molar-refractivity contribution < 1.29 is 60.9 Å². The Morgan fingerprint density at radius 3 is 2.15 bits per heavy atom. The van der Waals surface area contributed by atoms with Gasteiger partial charge in [-0.1, -0.05) is 0 Å². The van der Waals surface area contributed by atoms with E-state index in [-0.39, 0.29) is 5.82 Å². The molecule has 0 spiro atoms. The van der Waals surface area contributed by atoms with E-state index in [4.69, 9.17) is 39.2 Å². The second-order valence-electron chi connectivity index (χ2n) is 8.55. The molecule has 19 heteroatoms. The predicted molar refractivity (Wildman–Crippen MR) is 127 cm³/mol. The van der Waals surface area contributed by atoms with Crippen LogP contribution in [0.4, 0.5) is 19.8 Å². The van der Waals surface area contributed by atoms with E-state index in [1.165, 1.54) is 6.07 Å². The first-order valence-electron chi connectivity index (χ1n) is 11.5. The molecule has 1 aromatic rings. The van der Waals surface area contributed by atoms with Crippen LogP contribution in [0.15, 0.2) is 17.1 Å². The molecule has 1 fully saturated rings. The molecule has 2 rings (SSSR count). The maximum atomic E-state index is 15.1. The van der Waals surface area contributed by atoms with Crippen LogP contribution in [-0.2, 0) is 41.8 Å². The number of phosphoric ester groups is 1. The van der Waals surface area contributed by atoms with E-state index in [2.05, 4.69) is 14.5 Å². The number of nitrogens with zero attached hydrogens (tertiary/aromatic N) is 2. The van der Waals surface area contributed by atoms with Crippen LogP contribution in [0.1, 0.15) is 33.9 Å². The van der Waals surface area contributed by atoms with Gasteiger partial charge in [-0.2, -0.15) is 4.98 Å². The van der Waals surface area contributed by atoms with Gasteiger partial charge in [0.05, 0.1) is 18.8 Å². The fraction of sp³-hybridized carbons (Fsp3) is 0.700. The zero-order valence-corrected chi connectivity index (χ0v) is 22.5. The average Bonchev–Trinajstić information content (AvgIpc) is 3.07. The molecule has 1 aliphatic rings. The van der Waals surface area contributed by atoms with Gasteiger partial charge >= 0.3 is 25.8 Å². The highest BCUT2D eigenvalue weighted by Gasteiger charge is 2.56. The maximum Gasteiger partial charge on any atom is 0.510 e. The number of ether oxygens (including phenoxy) is 5. The summed E-state index contributed by atoms with van der Waals surface area (Å²) in [6.45, 7) is 2.63. The number of carbonyl (C=O) groups excluding carboxylic acids is 2. The Kier molecular flexibility index (Phi) is 11.6. The van der Waals surface area contributed by atoms with Gasteiger partial charge in [0.1, 0.15) is 17.5 Å². The van der Waals surface area contributed by atoms with E-state index < -0.39 is 88.9 Å². The number of phosphoric acid groups is 1. The van der Waals surface area contributed by atoms with Crippen molar-refractivity contribution in [2.75, 3.05) is 32.5 Å². The molecule has 222 valence electrons. The van der Waals surface area contributed by atoms with Crippen molar-refractivity contribution in [2.24, 2.45) is 5.73 Å². The summed E-state index contributed by atoms with van der Waals surface area (Å²) in [6.07, 6.45) is -8.25. The second kappa shape index (κ2) is 14.0. The molecule has 1 aromatic heterocycles. The number of hydrogen-bond donors (Lipinski definition) is 3. The Hall–Kier alpha value is -2.86. The highest BCUT2D eigenvalue weighted by Crippen LogP contribution is 2.51. The third-order valence-corrected chi connectivity index (χ3v) is 6.13. The van der Waals surface area contributed by atoms with Crippen molar-refractivity contribution in [3.63, 3.8) is 0 Å². The predicted octanol–water partition coefficient (Wildman–Crippen LogP) is 0.947. The van der Waals surface area contributed by atoms with E-state index in [1.807, 2.05) is 0 Å². The number of alkyl halides is 1. The number of rotatable bonds is 13. The number of halogens is 1. The zero-order valence-electron chi connectivity index (χ0n) is 21.6. The van der Waals surface area contributed by atoms with Crippen LogP contribution in [-0.4, -0.2) is 83.8 Å². The van der Waals surface area contributed by atoms with E-state index in [0.29, 0.717) is 0 Å². The molecule has 0 aliphatic carbocycles. The Morgan fingerprint density at radius 1 is 1.15 bits per heavy atom. The van der Waals surface area contributed by atoms with Crippen LogP contribution in [0.2, 0.25) is 0 Å². The normalized spacial score (nSPS) is 23.2. The van der Waals surface area contributed by atoms with Crippen LogP contribution in [0, 0.1) is 0 Å². The number of nitrogens with two attached hydrogens (primary N) is 2. The van der Waals surface area contributed by atoms with E-state index >= 15 is 4.39 Å². The molecule has 0 saturated carbocycles. The molecule has 1 aliphatic heterocycles. The smallest absolute Gasteiger partial charge is 0.432 e. The van der Waals surface area contributed by atoms with Crippen LogP contribution in [0.3, 0.4) is 0 Å². The SMILES string of the molecule is CC(C)OC(=O)OCOP(=O)(OCOC(=O)OC(C)C)OC[C@@]1(CN)O[C@@H](n2ccc(N)nc2=O)[C@H](F)[C@@H]1O. The van der Waals surface area contributed by atoms with Crippen molar-refractivity contribution in [3.05, 3.63) is 22.7 Å². The average molecular weight is 586 g/mol. The lowest BCUT2D eigenvalue weighted by molar-refractivity contribution is -0.126. The third kappa shape index (κ3) is 9.10. The van der Waals surface area contributed by atoms with Crippen molar-refractivity contribution in [1.29, 1.82) is 0 Å². The molecular weight excluding hydrogens is 554 g/mol. The molecule has 0 amide bonds. The van der Waals surface area contributed by atoms with Gasteiger partial charge in [-0.15, -0.1) is 0 Å². The van der Waals surface area contributed by atoms with Crippen LogP contribution in [0.5, 0.6) is 0 Å².